The lowest BCUT2D eigenvalue weighted by Crippen LogP contribution is -2.38. The third-order valence-corrected chi connectivity index (χ3v) is 4.42. The number of thiophene rings is 1. The fourth-order valence-electron chi connectivity index (χ4n) is 2.56. The van der Waals surface area contributed by atoms with Crippen molar-refractivity contribution >= 4 is 23.3 Å². The Hall–Kier alpha value is -1.56. The van der Waals surface area contributed by atoms with Gasteiger partial charge in [-0.05, 0) is 51.5 Å². The van der Waals surface area contributed by atoms with Crippen molar-refractivity contribution in [1.29, 1.82) is 0 Å². The van der Waals surface area contributed by atoms with Gasteiger partial charge < -0.3 is 15.4 Å². The topological polar surface area (TPSA) is 67.4 Å². The fraction of sp³-hybridized carbons (Fsp3) is 0.625. The van der Waals surface area contributed by atoms with Gasteiger partial charge in [0, 0.05) is 16.8 Å². The van der Waals surface area contributed by atoms with Crippen LogP contribution in [0.25, 0.3) is 0 Å². The second kappa shape index (κ2) is 7.13. The van der Waals surface area contributed by atoms with Crippen molar-refractivity contribution in [2.45, 2.75) is 58.2 Å². The highest BCUT2D eigenvalue weighted by Crippen LogP contribution is 2.26. The molecule has 1 aliphatic rings. The van der Waals surface area contributed by atoms with Gasteiger partial charge in [0.25, 0.3) is 0 Å². The number of alkyl carbamates (subject to hydrolysis) is 1. The molecule has 22 heavy (non-hydrogen) atoms. The van der Waals surface area contributed by atoms with Crippen LogP contribution in [0.1, 0.15) is 44.9 Å². The number of rotatable bonds is 4. The molecule has 1 heterocycles. The first kappa shape index (κ1) is 16.8. The van der Waals surface area contributed by atoms with E-state index in [9.17, 15) is 9.59 Å². The molecule has 2 N–H and O–H groups in total. The lowest BCUT2D eigenvalue weighted by atomic mass is 10.1. The smallest absolute Gasteiger partial charge is 0.407 e. The van der Waals surface area contributed by atoms with Crippen LogP contribution < -0.4 is 10.6 Å². The van der Waals surface area contributed by atoms with E-state index in [-0.39, 0.29) is 17.9 Å². The van der Waals surface area contributed by atoms with Gasteiger partial charge in [-0.1, -0.05) is 6.07 Å². The number of hydrogen-bond acceptors (Lipinski definition) is 4. The SMILES string of the molecule is CC(C)(C)OC(=O)N[C@@H]1CC[C@H](C(=O)NCc2cccs2)C1. The predicted molar refractivity (Wildman–Crippen MR) is 86.7 cm³/mol. The van der Waals surface area contributed by atoms with Crippen molar-refractivity contribution in [1.82, 2.24) is 10.6 Å². The fourth-order valence-corrected chi connectivity index (χ4v) is 3.20. The summed E-state index contributed by atoms with van der Waals surface area (Å²) in [5.41, 5.74) is -0.500. The van der Waals surface area contributed by atoms with Gasteiger partial charge >= 0.3 is 6.09 Å². The largest absolute Gasteiger partial charge is 0.444 e. The number of hydrogen-bond donors (Lipinski definition) is 2. The van der Waals surface area contributed by atoms with Gasteiger partial charge in [0.05, 0.1) is 6.54 Å². The molecule has 6 heteroatoms. The number of carbonyl (C=O) groups is 2. The molecule has 2 amide bonds. The molecule has 0 aromatic carbocycles. The van der Waals surface area contributed by atoms with E-state index in [2.05, 4.69) is 10.6 Å². The normalized spacial score (nSPS) is 21.4. The Balaban J connectivity index is 1.72. The van der Waals surface area contributed by atoms with Crippen LogP contribution in [0.5, 0.6) is 0 Å². The lowest BCUT2D eigenvalue weighted by molar-refractivity contribution is -0.125. The molecule has 0 bridgehead atoms. The van der Waals surface area contributed by atoms with Crippen LogP contribution in [-0.4, -0.2) is 23.6 Å². The Labute approximate surface area is 135 Å². The first-order chi connectivity index (χ1) is 10.3. The van der Waals surface area contributed by atoms with E-state index in [1.54, 1.807) is 11.3 Å². The Bertz CT molecular complexity index is 508. The number of ether oxygens (including phenoxy) is 1. The minimum Gasteiger partial charge on any atom is -0.444 e. The molecule has 1 aromatic heterocycles. The highest BCUT2D eigenvalue weighted by atomic mass is 32.1. The molecular weight excluding hydrogens is 300 g/mol. The van der Waals surface area contributed by atoms with Crippen molar-refractivity contribution in [3.63, 3.8) is 0 Å². The molecule has 5 nitrogen and oxygen atoms in total. The first-order valence-corrected chi connectivity index (χ1v) is 8.51. The standard InChI is InChI=1S/C16H24N2O3S/c1-16(2,3)21-15(20)18-12-7-6-11(9-12)14(19)17-10-13-5-4-8-22-13/h4-5,8,11-12H,6-7,9-10H2,1-3H3,(H,17,19)(H,18,20)/t11-,12+/m0/s1. The maximum Gasteiger partial charge on any atom is 0.407 e. The van der Waals surface area contributed by atoms with E-state index in [1.807, 2.05) is 38.3 Å². The van der Waals surface area contributed by atoms with E-state index in [0.29, 0.717) is 13.0 Å². The summed E-state index contributed by atoms with van der Waals surface area (Å²) >= 11 is 1.63. The third kappa shape index (κ3) is 5.33. The van der Waals surface area contributed by atoms with Crippen LogP contribution in [-0.2, 0) is 16.1 Å². The van der Waals surface area contributed by atoms with Crippen molar-refractivity contribution in [2.75, 3.05) is 0 Å². The molecule has 1 saturated carbocycles. The molecule has 0 aliphatic heterocycles. The van der Waals surface area contributed by atoms with Gasteiger partial charge in [-0.25, -0.2) is 4.79 Å². The van der Waals surface area contributed by atoms with Crippen LogP contribution in [0.3, 0.4) is 0 Å². The van der Waals surface area contributed by atoms with E-state index < -0.39 is 11.7 Å². The van der Waals surface area contributed by atoms with Crippen LogP contribution in [0.15, 0.2) is 17.5 Å². The number of carbonyl (C=O) groups excluding carboxylic acids is 2. The maximum atomic E-state index is 12.2. The van der Waals surface area contributed by atoms with Gasteiger partial charge in [-0.3, -0.25) is 4.79 Å². The summed E-state index contributed by atoms with van der Waals surface area (Å²) < 4.78 is 5.24. The summed E-state index contributed by atoms with van der Waals surface area (Å²) in [6.07, 6.45) is 1.89. The minimum absolute atomic E-state index is 0.0207. The molecule has 1 aliphatic carbocycles. The summed E-state index contributed by atoms with van der Waals surface area (Å²) in [4.78, 5) is 25.0. The Kier molecular flexibility index (Phi) is 5.45. The van der Waals surface area contributed by atoms with Crippen LogP contribution in [0, 0.1) is 5.92 Å². The van der Waals surface area contributed by atoms with Crippen molar-refractivity contribution < 1.29 is 14.3 Å². The van der Waals surface area contributed by atoms with Gasteiger partial charge in [0.1, 0.15) is 5.60 Å². The quantitative estimate of drug-likeness (QED) is 0.894. The second-order valence-electron chi connectivity index (χ2n) is 6.65. The van der Waals surface area contributed by atoms with E-state index >= 15 is 0 Å². The number of nitrogens with one attached hydrogen (secondary N) is 2. The van der Waals surface area contributed by atoms with Gasteiger partial charge in [-0.2, -0.15) is 0 Å². The second-order valence-corrected chi connectivity index (χ2v) is 7.68. The zero-order chi connectivity index (χ0) is 16.2. The van der Waals surface area contributed by atoms with E-state index in [0.717, 1.165) is 17.7 Å². The molecule has 1 fully saturated rings. The summed E-state index contributed by atoms with van der Waals surface area (Å²) in [7, 11) is 0. The van der Waals surface area contributed by atoms with Crippen LogP contribution >= 0.6 is 11.3 Å². The highest BCUT2D eigenvalue weighted by Gasteiger charge is 2.31. The Morgan fingerprint density at radius 1 is 1.36 bits per heavy atom. The lowest BCUT2D eigenvalue weighted by Gasteiger charge is -2.21. The van der Waals surface area contributed by atoms with Gasteiger partial charge in [-0.15, -0.1) is 11.3 Å². The summed E-state index contributed by atoms with van der Waals surface area (Å²) in [5.74, 6) is 0.0433. The molecule has 122 valence electrons. The molecular formula is C16H24N2O3S. The molecule has 0 radical (unpaired) electrons. The Morgan fingerprint density at radius 2 is 2.14 bits per heavy atom. The minimum atomic E-state index is -0.500. The van der Waals surface area contributed by atoms with Crippen molar-refractivity contribution in [3.05, 3.63) is 22.4 Å². The monoisotopic (exact) mass is 324 g/mol. The Morgan fingerprint density at radius 3 is 2.77 bits per heavy atom. The first-order valence-electron chi connectivity index (χ1n) is 7.63. The average Bonchev–Trinajstić information content (AvgIpc) is 3.04. The van der Waals surface area contributed by atoms with Gasteiger partial charge in [0.2, 0.25) is 5.91 Å². The van der Waals surface area contributed by atoms with Crippen molar-refractivity contribution in [2.24, 2.45) is 5.92 Å². The van der Waals surface area contributed by atoms with Crippen LogP contribution in [0.4, 0.5) is 4.79 Å². The molecule has 0 spiro atoms. The average molecular weight is 324 g/mol. The van der Waals surface area contributed by atoms with E-state index in [4.69, 9.17) is 4.74 Å². The molecule has 0 unspecified atom stereocenters. The van der Waals surface area contributed by atoms with Crippen LogP contribution in [0.2, 0.25) is 0 Å². The van der Waals surface area contributed by atoms with E-state index in [1.165, 1.54) is 0 Å². The predicted octanol–water partition coefficient (Wildman–Crippen LogP) is 3.06. The summed E-state index contributed by atoms with van der Waals surface area (Å²) in [6.45, 7) is 6.09. The zero-order valence-electron chi connectivity index (χ0n) is 13.3. The molecule has 0 saturated heterocycles. The highest BCUT2D eigenvalue weighted by molar-refractivity contribution is 7.09. The summed E-state index contributed by atoms with van der Waals surface area (Å²) in [5, 5.41) is 7.82. The third-order valence-electron chi connectivity index (χ3n) is 3.54. The van der Waals surface area contributed by atoms with Crippen molar-refractivity contribution in [3.8, 4) is 0 Å². The molecule has 2 atom stereocenters. The zero-order valence-corrected chi connectivity index (χ0v) is 14.2. The molecule has 2 rings (SSSR count). The maximum absolute atomic E-state index is 12.2. The van der Waals surface area contributed by atoms with Gasteiger partial charge in [0.15, 0.2) is 0 Å². The molecule has 1 aromatic rings. The number of amides is 2. The summed E-state index contributed by atoms with van der Waals surface area (Å²) in [6, 6.07) is 4.00.